The monoisotopic (exact) mass is 397 g/mol. The number of amides is 1. The molecule has 0 spiro atoms. The molecule has 10 heteroatoms. The van der Waals surface area contributed by atoms with Crippen LogP contribution in [0.1, 0.15) is 32.1 Å². The smallest absolute Gasteiger partial charge is 0.339 e. The van der Waals surface area contributed by atoms with Crippen molar-refractivity contribution in [1.82, 2.24) is 29.6 Å². The first-order valence-corrected chi connectivity index (χ1v) is 9.36. The van der Waals surface area contributed by atoms with Crippen molar-refractivity contribution in [3.8, 4) is 0 Å². The Bertz CT molecular complexity index is 1090. The Morgan fingerprint density at radius 2 is 1.86 bits per heavy atom. The molecule has 152 valence electrons. The molecule has 1 aliphatic heterocycles. The first-order chi connectivity index (χ1) is 13.9. The van der Waals surface area contributed by atoms with Gasteiger partial charge in [0.05, 0.1) is 24.3 Å². The first-order valence-electron chi connectivity index (χ1n) is 9.36. The van der Waals surface area contributed by atoms with E-state index in [2.05, 4.69) is 25.0 Å². The zero-order valence-electron chi connectivity index (χ0n) is 16.9. The zero-order valence-corrected chi connectivity index (χ0v) is 16.9. The maximum atomic E-state index is 13.0. The Labute approximate surface area is 167 Å². The van der Waals surface area contributed by atoms with Crippen LogP contribution in [0.3, 0.4) is 0 Å². The van der Waals surface area contributed by atoms with Gasteiger partial charge in [-0.25, -0.2) is 14.8 Å². The highest BCUT2D eigenvalue weighted by atomic mass is 16.5. The van der Waals surface area contributed by atoms with Gasteiger partial charge in [-0.15, -0.1) is 0 Å². The van der Waals surface area contributed by atoms with Gasteiger partial charge >= 0.3 is 5.97 Å². The van der Waals surface area contributed by atoms with Crippen LogP contribution in [0.4, 0.5) is 5.82 Å². The summed E-state index contributed by atoms with van der Waals surface area (Å²) in [4.78, 5) is 40.7. The minimum Gasteiger partial charge on any atom is -0.465 e. The Morgan fingerprint density at radius 1 is 1.14 bits per heavy atom. The highest BCUT2D eigenvalue weighted by Gasteiger charge is 2.29. The van der Waals surface area contributed by atoms with Crippen molar-refractivity contribution in [2.45, 2.75) is 13.8 Å². The number of piperazine rings is 1. The molecular formula is C19H23N7O3. The lowest BCUT2D eigenvalue weighted by atomic mass is 10.1. The van der Waals surface area contributed by atoms with Crippen LogP contribution in [0.15, 0.2) is 12.5 Å². The van der Waals surface area contributed by atoms with Crippen LogP contribution in [0.25, 0.3) is 11.0 Å². The third-order valence-electron chi connectivity index (χ3n) is 5.42. The van der Waals surface area contributed by atoms with Gasteiger partial charge in [-0.3, -0.25) is 9.48 Å². The molecule has 0 saturated carbocycles. The molecule has 0 bridgehead atoms. The number of H-pyrrole nitrogens is 1. The normalized spacial score (nSPS) is 14.5. The van der Waals surface area contributed by atoms with E-state index >= 15 is 0 Å². The van der Waals surface area contributed by atoms with Crippen LogP contribution in [-0.4, -0.2) is 74.8 Å². The van der Waals surface area contributed by atoms with Gasteiger partial charge < -0.3 is 19.5 Å². The maximum absolute atomic E-state index is 13.0. The second-order valence-corrected chi connectivity index (χ2v) is 7.10. The molecule has 0 unspecified atom stereocenters. The summed E-state index contributed by atoms with van der Waals surface area (Å²) in [6.07, 6.45) is 3.30. The number of aromatic amines is 1. The van der Waals surface area contributed by atoms with Crippen molar-refractivity contribution in [2.24, 2.45) is 7.05 Å². The Balaban J connectivity index is 1.51. The summed E-state index contributed by atoms with van der Waals surface area (Å²) in [5.74, 6) is 0.272. The Hall–Kier alpha value is -3.43. The van der Waals surface area contributed by atoms with Crippen molar-refractivity contribution in [3.63, 3.8) is 0 Å². The topological polar surface area (TPSA) is 109 Å². The SMILES string of the molecule is COC(=O)c1c(C)[nH]c(C(=O)N2CCN(c3ncnc4c3cnn4C)CC2)c1C. The van der Waals surface area contributed by atoms with Gasteiger partial charge in [0.2, 0.25) is 0 Å². The summed E-state index contributed by atoms with van der Waals surface area (Å²) in [6, 6.07) is 0. The van der Waals surface area contributed by atoms with Crippen molar-refractivity contribution >= 4 is 28.7 Å². The van der Waals surface area contributed by atoms with Crippen LogP contribution in [-0.2, 0) is 11.8 Å². The Kier molecular flexibility index (Phi) is 4.69. The fourth-order valence-electron chi connectivity index (χ4n) is 3.85. The maximum Gasteiger partial charge on any atom is 0.339 e. The summed E-state index contributed by atoms with van der Waals surface area (Å²) < 4.78 is 6.54. The summed E-state index contributed by atoms with van der Waals surface area (Å²) >= 11 is 0. The minimum atomic E-state index is -0.440. The molecule has 0 atom stereocenters. The first kappa shape index (κ1) is 18.9. The molecule has 3 aromatic heterocycles. The number of hydrogen-bond donors (Lipinski definition) is 1. The van der Waals surface area contributed by atoms with E-state index in [4.69, 9.17) is 4.74 Å². The Morgan fingerprint density at radius 3 is 2.55 bits per heavy atom. The number of aromatic nitrogens is 5. The van der Waals surface area contributed by atoms with Crippen LogP contribution >= 0.6 is 0 Å². The van der Waals surface area contributed by atoms with Crippen LogP contribution < -0.4 is 4.90 Å². The third kappa shape index (κ3) is 3.10. The lowest BCUT2D eigenvalue weighted by Gasteiger charge is -2.35. The van der Waals surface area contributed by atoms with E-state index in [1.807, 2.05) is 7.05 Å². The number of anilines is 1. The fraction of sp³-hybridized carbons (Fsp3) is 0.421. The van der Waals surface area contributed by atoms with Gasteiger partial charge in [-0.05, 0) is 19.4 Å². The van der Waals surface area contributed by atoms with Gasteiger partial charge in [0.25, 0.3) is 5.91 Å². The molecule has 1 fully saturated rings. The van der Waals surface area contributed by atoms with E-state index in [0.29, 0.717) is 48.7 Å². The number of hydrogen-bond acceptors (Lipinski definition) is 7. The number of carbonyl (C=O) groups is 2. The summed E-state index contributed by atoms with van der Waals surface area (Å²) in [7, 11) is 3.18. The number of aryl methyl sites for hydroxylation is 2. The average Bonchev–Trinajstić information content (AvgIpc) is 3.26. The van der Waals surface area contributed by atoms with Crippen LogP contribution in [0.2, 0.25) is 0 Å². The molecule has 3 aromatic rings. The number of nitrogens with zero attached hydrogens (tertiary/aromatic N) is 6. The number of fused-ring (bicyclic) bond motifs is 1. The third-order valence-corrected chi connectivity index (χ3v) is 5.42. The largest absolute Gasteiger partial charge is 0.465 e. The van der Waals surface area contributed by atoms with E-state index in [1.165, 1.54) is 13.4 Å². The quantitative estimate of drug-likeness (QED) is 0.658. The molecule has 0 aromatic carbocycles. The number of carbonyl (C=O) groups excluding carboxylic acids is 2. The van der Waals surface area contributed by atoms with Gasteiger partial charge in [-0.1, -0.05) is 0 Å². The fourth-order valence-corrected chi connectivity index (χ4v) is 3.85. The molecule has 10 nitrogen and oxygen atoms in total. The van der Waals surface area contributed by atoms with Gasteiger partial charge in [0, 0.05) is 38.9 Å². The van der Waals surface area contributed by atoms with Crippen molar-refractivity contribution in [1.29, 1.82) is 0 Å². The van der Waals surface area contributed by atoms with Crippen LogP contribution in [0, 0.1) is 13.8 Å². The highest BCUT2D eigenvalue weighted by Crippen LogP contribution is 2.25. The summed E-state index contributed by atoms with van der Waals surface area (Å²) in [5, 5.41) is 5.15. The number of ether oxygens (including phenoxy) is 1. The molecule has 0 radical (unpaired) electrons. The minimum absolute atomic E-state index is 0.116. The van der Waals surface area contributed by atoms with Gasteiger partial charge in [0.1, 0.15) is 17.8 Å². The lowest BCUT2D eigenvalue weighted by molar-refractivity contribution is 0.0599. The van der Waals surface area contributed by atoms with Crippen molar-refractivity contribution in [3.05, 3.63) is 35.0 Å². The second kappa shape index (κ2) is 7.19. The second-order valence-electron chi connectivity index (χ2n) is 7.10. The zero-order chi connectivity index (χ0) is 20.7. The van der Waals surface area contributed by atoms with Crippen molar-refractivity contribution in [2.75, 3.05) is 38.2 Å². The summed E-state index contributed by atoms with van der Waals surface area (Å²) in [6.45, 7) is 5.93. The van der Waals surface area contributed by atoms with E-state index < -0.39 is 5.97 Å². The number of methoxy groups -OCH3 is 1. The standard InChI is InChI=1S/C19H23N7O3/c1-11-14(19(28)29-4)12(2)23-15(11)18(27)26-7-5-25(6-8-26)17-13-9-22-24(3)16(13)20-10-21-17/h9-10,23H,5-8H2,1-4H3. The average molecular weight is 397 g/mol. The molecule has 1 aliphatic rings. The number of rotatable bonds is 3. The molecule has 1 N–H and O–H groups in total. The molecule has 4 heterocycles. The summed E-state index contributed by atoms with van der Waals surface area (Å²) in [5.41, 5.74) is 2.90. The van der Waals surface area contributed by atoms with E-state index in [9.17, 15) is 9.59 Å². The number of esters is 1. The predicted octanol–water partition coefficient (Wildman–Crippen LogP) is 1.06. The van der Waals surface area contributed by atoms with E-state index in [0.717, 1.165) is 16.9 Å². The lowest BCUT2D eigenvalue weighted by Crippen LogP contribution is -2.49. The van der Waals surface area contributed by atoms with Gasteiger partial charge in [-0.2, -0.15) is 5.10 Å². The van der Waals surface area contributed by atoms with Crippen LogP contribution in [0.5, 0.6) is 0 Å². The molecule has 29 heavy (non-hydrogen) atoms. The molecule has 1 saturated heterocycles. The van der Waals surface area contributed by atoms with E-state index in [-0.39, 0.29) is 5.91 Å². The molecule has 0 aliphatic carbocycles. The molecular weight excluding hydrogens is 374 g/mol. The number of nitrogens with one attached hydrogen (secondary N) is 1. The van der Waals surface area contributed by atoms with Crippen molar-refractivity contribution < 1.29 is 14.3 Å². The predicted molar refractivity (Wildman–Crippen MR) is 106 cm³/mol. The van der Waals surface area contributed by atoms with Gasteiger partial charge in [0.15, 0.2) is 5.65 Å². The van der Waals surface area contributed by atoms with E-state index in [1.54, 1.807) is 29.6 Å². The molecule has 1 amide bonds. The molecule has 4 rings (SSSR count). The highest BCUT2D eigenvalue weighted by molar-refractivity contribution is 6.00.